The zero-order chi connectivity index (χ0) is 21.8. The maximum atomic E-state index is 12.1. The lowest BCUT2D eigenvalue weighted by Crippen LogP contribution is -2.26. The number of carboxylic acids is 1. The summed E-state index contributed by atoms with van der Waals surface area (Å²) in [5, 5.41) is 12.2. The van der Waals surface area contributed by atoms with E-state index in [4.69, 9.17) is 16.3 Å². The van der Waals surface area contributed by atoms with Crippen LogP contribution < -0.4 is 5.32 Å². The Bertz CT molecular complexity index is 1180. The number of ether oxygens (including phenoxy) is 1. The van der Waals surface area contributed by atoms with E-state index in [1.54, 1.807) is 0 Å². The van der Waals surface area contributed by atoms with E-state index in [1.165, 1.54) is 18.2 Å². The number of benzene rings is 3. The molecule has 0 unspecified atom stereocenters. The molecule has 0 fully saturated rings. The third-order valence-corrected chi connectivity index (χ3v) is 5.33. The second-order valence-corrected chi connectivity index (χ2v) is 7.41. The average Bonchev–Trinajstić information content (AvgIpc) is 3.09. The lowest BCUT2D eigenvalue weighted by molar-refractivity contribution is 0.0696. The Morgan fingerprint density at radius 2 is 1.65 bits per heavy atom. The van der Waals surface area contributed by atoms with Gasteiger partial charge in [-0.3, -0.25) is 0 Å². The summed E-state index contributed by atoms with van der Waals surface area (Å²) in [5.74, 6) is 4.35. The summed E-state index contributed by atoms with van der Waals surface area (Å²) >= 11 is 5.91. The van der Waals surface area contributed by atoms with Gasteiger partial charge < -0.3 is 15.2 Å². The highest BCUT2D eigenvalue weighted by Crippen LogP contribution is 2.44. The van der Waals surface area contributed by atoms with Gasteiger partial charge in [-0.05, 0) is 40.5 Å². The molecule has 0 saturated heterocycles. The van der Waals surface area contributed by atoms with Crippen LogP contribution in [0.15, 0.2) is 66.7 Å². The minimum atomic E-state index is -1.09. The van der Waals surface area contributed by atoms with Crippen LogP contribution in [0.3, 0.4) is 0 Å². The molecule has 6 heteroatoms. The molecule has 0 aromatic heterocycles. The number of carbonyl (C=O) groups is 2. The maximum Gasteiger partial charge on any atom is 0.407 e. The molecule has 1 aliphatic rings. The van der Waals surface area contributed by atoms with E-state index in [9.17, 15) is 14.7 Å². The molecule has 0 bridgehead atoms. The quantitative estimate of drug-likeness (QED) is 0.574. The van der Waals surface area contributed by atoms with Crippen molar-refractivity contribution in [1.29, 1.82) is 0 Å². The minimum Gasteiger partial charge on any atom is -0.478 e. The van der Waals surface area contributed by atoms with Crippen LogP contribution in [-0.4, -0.2) is 30.3 Å². The molecule has 0 heterocycles. The first-order valence-corrected chi connectivity index (χ1v) is 10.0. The SMILES string of the molecule is O=C(NCC#Cc1cc(Cl)ccc1C(=O)O)OCC1c2ccccc2-c2ccccc21. The summed E-state index contributed by atoms with van der Waals surface area (Å²) in [6.45, 7) is 0.229. The van der Waals surface area contributed by atoms with E-state index >= 15 is 0 Å². The standard InChI is InChI=1S/C25H18ClNO4/c26-17-11-12-18(24(28)29)16(14-17)6-5-13-27-25(30)31-15-23-21-9-3-1-7-19(21)20-8-2-4-10-22(20)23/h1-4,7-12,14,23H,13,15H2,(H,27,30)(H,28,29). The molecular formula is C25H18ClNO4. The summed E-state index contributed by atoms with van der Waals surface area (Å²) in [5.41, 5.74) is 4.94. The Balaban J connectivity index is 1.37. The maximum absolute atomic E-state index is 12.1. The normalized spacial score (nSPS) is 11.6. The lowest BCUT2D eigenvalue weighted by atomic mass is 9.98. The molecule has 154 valence electrons. The predicted molar refractivity (Wildman–Crippen MR) is 118 cm³/mol. The van der Waals surface area contributed by atoms with Crippen LogP contribution in [0.25, 0.3) is 11.1 Å². The second kappa shape index (κ2) is 8.95. The third kappa shape index (κ3) is 4.40. The van der Waals surface area contributed by atoms with Gasteiger partial charge in [-0.2, -0.15) is 0 Å². The van der Waals surface area contributed by atoms with Crippen molar-refractivity contribution in [2.45, 2.75) is 5.92 Å². The fourth-order valence-corrected chi connectivity index (χ4v) is 3.88. The molecule has 31 heavy (non-hydrogen) atoms. The van der Waals surface area contributed by atoms with Gasteiger partial charge in [0, 0.05) is 16.5 Å². The van der Waals surface area contributed by atoms with Gasteiger partial charge in [0.05, 0.1) is 12.1 Å². The number of amides is 1. The smallest absolute Gasteiger partial charge is 0.407 e. The predicted octanol–water partition coefficient (Wildman–Crippen LogP) is 4.93. The molecule has 5 nitrogen and oxygen atoms in total. The highest BCUT2D eigenvalue weighted by atomic mass is 35.5. The summed E-state index contributed by atoms with van der Waals surface area (Å²) in [6, 6.07) is 20.6. The van der Waals surface area contributed by atoms with Gasteiger partial charge in [0.15, 0.2) is 0 Å². The molecule has 1 amide bonds. The van der Waals surface area contributed by atoms with E-state index in [-0.39, 0.29) is 30.2 Å². The van der Waals surface area contributed by atoms with Gasteiger partial charge in [0.2, 0.25) is 0 Å². The Morgan fingerprint density at radius 1 is 1.00 bits per heavy atom. The monoisotopic (exact) mass is 431 g/mol. The van der Waals surface area contributed by atoms with Crippen molar-refractivity contribution >= 4 is 23.7 Å². The first kappa shape index (κ1) is 20.5. The van der Waals surface area contributed by atoms with E-state index < -0.39 is 12.1 Å². The fourth-order valence-electron chi connectivity index (χ4n) is 3.71. The molecular weight excluding hydrogens is 414 g/mol. The van der Waals surface area contributed by atoms with E-state index in [2.05, 4.69) is 41.4 Å². The third-order valence-electron chi connectivity index (χ3n) is 5.10. The van der Waals surface area contributed by atoms with Crippen LogP contribution >= 0.6 is 11.6 Å². The molecule has 1 aliphatic carbocycles. The summed E-state index contributed by atoms with van der Waals surface area (Å²) in [6.07, 6.45) is -0.583. The number of fused-ring (bicyclic) bond motifs is 3. The number of hydrogen-bond donors (Lipinski definition) is 2. The number of aromatic carboxylic acids is 1. The Labute approximate surface area is 184 Å². The lowest BCUT2D eigenvalue weighted by Gasteiger charge is -2.14. The molecule has 0 saturated carbocycles. The molecule has 0 aliphatic heterocycles. The van der Waals surface area contributed by atoms with Crippen molar-refractivity contribution in [2.75, 3.05) is 13.2 Å². The van der Waals surface area contributed by atoms with E-state index in [0.29, 0.717) is 5.02 Å². The van der Waals surface area contributed by atoms with Crippen LogP contribution in [0.5, 0.6) is 0 Å². The number of rotatable bonds is 4. The summed E-state index contributed by atoms with van der Waals surface area (Å²) in [7, 11) is 0. The first-order chi connectivity index (χ1) is 15.0. The van der Waals surface area contributed by atoms with E-state index in [0.717, 1.165) is 22.3 Å². The minimum absolute atomic E-state index is 0.0161. The zero-order valence-corrected chi connectivity index (χ0v) is 17.1. The van der Waals surface area contributed by atoms with Gasteiger partial charge in [0.25, 0.3) is 0 Å². The Kier molecular flexibility index (Phi) is 5.92. The Hall–Kier alpha value is -3.75. The Morgan fingerprint density at radius 3 is 2.29 bits per heavy atom. The molecule has 4 rings (SSSR count). The van der Waals surface area contributed by atoms with Gasteiger partial charge in [-0.25, -0.2) is 9.59 Å². The topological polar surface area (TPSA) is 75.6 Å². The van der Waals surface area contributed by atoms with Crippen LogP contribution in [0.4, 0.5) is 4.79 Å². The second-order valence-electron chi connectivity index (χ2n) is 6.98. The zero-order valence-electron chi connectivity index (χ0n) is 16.4. The highest BCUT2D eigenvalue weighted by Gasteiger charge is 2.28. The fraction of sp³-hybridized carbons (Fsp3) is 0.120. The molecule has 3 aromatic carbocycles. The number of hydrogen-bond acceptors (Lipinski definition) is 3. The number of nitrogens with one attached hydrogen (secondary N) is 1. The molecule has 0 atom stereocenters. The van der Waals surface area contributed by atoms with Crippen molar-refractivity contribution in [3.8, 4) is 23.0 Å². The number of alkyl carbamates (subject to hydrolysis) is 1. The number of carboxylic acid groups (broad SMARTS) is 1. The van der Waals surface area contributed by atoms with Gasteiger partial charge >= 0.3 is 12.1 Å². The van der Waals surface area contributed by atoms with Crippen molar-refractivity contribution in [3.05, 3.63) is 94.0 Å². The largest absolute Gasteiger partial charge is 0.478 e. The van der Waals surface area contributed by atoms with Crippen LogP contribution in [-0.2, 0) is 4.74 Å². The number of halogens is 1. The molecule has 0 spiro atoms. The van der Waals surface area contributed by atoms with Gasteiger partial charge in [-0.15, -0.1) is 0 Å². The van der Waals surface area contributed by atoms with Crippen LogP contribution in [0, 0.1) is 11.8 Å². The molecule has 0 radical (unpaired) electrons. The average molecular weight is 432 g/mol. The van der Waals surface area contributed by atoms with Crippen LogP contribution in [0.2, 0.25) is 5.02 Å². The van der Waals surface area contributed by atoms with Crippen LogP contribution in [0.1, 0.15) is 33.0 Å². The number of carbonyl (C=O) groups excluding carboxylic acids is 1. The van der Waals surface area contributed by atoms with Crippen molar-refractivity contribution in [1.82, 2.24) is 5.32 Å². The molecule has 2 N–H and O–H groups in total. The van der Waals surface area contributed by atoms with Crippen molar-refractivity contribution in [2.24, 2.45) is 0 Å². The van der Waals surface area contributed by atoms with E-state index in [1.807, 2.05) is 24.3 Å². The van der Waals surface area contributed by atoms with Crippen molar-refractivity contribution in [3.63, 3.8) is 0 Å². The summed E-state index contributed by atoms with van der Waals surface area (Å²) < 4.78 is 5.44. The van der Waals surface area contributed by atoms with Crippen molar-refractivity contribution < 1.29 is 19.4 Å². The van der Waals surface area contributed by atoms with Gasteiger partial charge in [0.1, 0.15) is 6.61 Å². The van der Waals surface area contributed by atoms with Gasteiger partial charge in [-0.1, -0.05) is 72.0 Å². The first-order valence-electron chi connectivity index (χ1n) is 9.65. The molecule has 3 aromatic rings. The summed E-state index contributed by atoms with van der Waals surface area (Å²) in [4.78, 5) is 23.4. The highest BCUT2D eigenvalue weighted by molar-refractivity contribution is 6.30.